The van der Waals surface area contributed by atoms with Crippen LogP contribution in [0.5, 0.6) is 0 Å². The number of nitrogens with zero attached hydrogens (tertiary/aromatic N) is 3. The monoisotopic (exact) mass is 351 g/mol. The van der Waals surface area contributed by atoms with Crippen LogP contribution in [0.4, 0.5) is 0 Å². The van der Waals surface area contributed by atoms with Crippen LogP contribution in [0.1, 0.15) is 30.7 Å². The van der Waals surface area contributed by atoms with E-state index < -0.39 is 0 Å². The molecular weight excluding hydrogens is 326 g/mol. The number of likely N-dealkylation sites (tertiary alicyclic amines) is 1. The zero-order chi connectivity index (χ0) is 17.8. The molecule has 136 valence electrons. The third-order valence-corrected chi connectivity index (χ3v) is 5.82. The topological polar surface area (TPSA) is 55.3 Å². The van der Waals surface area contributed by atoms with Gasteiger partial charge >= 0.3 is 0 Å². The molecule has 1 saturated heterocycles. The van der Waals surface area contributed by atoms with E-state index in [1.54, 1.807) is 12.4 Å². The van der Waals surface area contributed by atoms with Gasteiger partial charge in [0.25, 0.3) is 0 Å². The molecule has 2 atom stereocenters. The molecule has 0 radical (unpaired) electrons. The Morgan fingerprint density at radius 1 is 1.15 bits per heavy atom. The first kappa shape index (κ1) is 17.2. The lowest BCUT2D eigenvalue weighted by atomic mass is 9.81. The number of aromatic nitrogens is 2. The van der Waals surface area contributed by atoms with Gasteiger partial charge in [-0.3, -0.25) is 14.8 Å². The molecule has 2 aliphatic rings. The van der Waals surface area contributed by atoms with E-state index in [4.69, 9.17) is 4.74 Å². The van der Waals surface area contributed by atoms with E-state index in [9.17, 15) is 4.79 Å². The number of hydrogen-bond acceptors (Lipinski definition) is 4. The van der Waals surface area contributed by atoms with Gasteiger partial charge in [-0.15, -0.1) is 0 Å². The number of amides is 1. The smallest absolute Gasteiger partial charge is 0.228 e. The Morgan fingerprint density at radius 2 is 1.92 bits per heavy atom. The summed E-state index contributed by atoms with van der Waals surface area (Å²) >= 11 is 0. The zero-order valence-electron chi connectivity index (χ0n) is 15.0. The predicted molar refractivity (Wildman–Crippen MR) is 98.2 cm³/mol. The van der Waals surface area contributed by atoms with E-state index in [0.29, 0.717) is 25.6 Å². The first-order valence-corrected chi connectivity index (χ1v) is 9.40. The highest BCUT2D eigenvalue weighted by Gasteiger charge is 2.50. The SMILES string of the molecule is O=C(Cc1ccccn1)N1C[C@H]2CCC[C@@]2(COCc2ccccn2)C1. The van der Waals surface area contributed by atoms with E-state index in [0.717, 1.165) is 30.9 Å². The lowest BCUT2D eigenvalue weighted by Gasteiger charge is -2.28. The number of pyridine rings is 2. The fourth-order valence-corrected chi connectivity index (χ4v) is 4.45. The summed E-state index contributed by atoms with van der Waals surface area (Å²) in [7, 11) is 0. The van der Waals surface area contributed by atoms with Crippen molar-refractivity contribution >= 4 is 5.91 Å². The van der Waals surface area contributed by atoms with Crippen molar-refractivity contribution in [2.24, 2.45) is 11.3 Å². The van der Waals surface area contributed by atoms with Crippen molar-refractivity contribution in [1.29, 1.82) is 0 Å². The van der Waals surface area contributed by atoms with E-state index >= 15 is 0 Å². The third-order valence-electron chi connectivity index (χ3n) is 5.82. The largest absolute Gasteiger partial charge is 0.375 e. The maximum atomic E-state index is 12.7. The van der Waals surface area contributed by atoms with Crippen molar-refractivity contribution in [2.75, 3.05) is 19.7 Å². The minimum Gasteiger partial charge on any atom is -0.375 e. The summed E-state index contributed by atoms with van der Waals surface area (Å²) in [4.78, 5) is 23.4. The van der Waals surface area contributed by atoms with Gasteiger partial charge in [-0.05, 0) is 43.0 Å². The Balaban J connectivity index is 1.36. The minimum atomic E-state index is 0.120. The molecule has 0 aromatic carbocycles. The molecule has 5 nitrogen and oxygen atoms in total. The van der Waals surface area contributed by atoms with Crippen LogP contribution in [0.2, 0.25) is 0 Å². The molecule has 0 bridgehead atoms. The molecule has 1 amide bonds. The second-order valence-electron chi connectivity index (χ2n) is 7.54. The highest BCUT2D eigenvalue weighted by molar-refractivity contribution is 5.78. The van der Waals surface area contributed by atoms with Crippen molar-refractivity contribution in [3.05, 3.63) is 60.2 Å². The molecule has 2 fully saturated rings. The minimum absolute atomic E-state index is 0.120. The molecule has 3 heterocycles. The van der Waals surface area contributed by atoms with Crippen molar-refractivity contribution < 1.29 is 9.53 Å². The van der Waals surface area contributed by atoms with E-state index in [-0.39, 0.29) is 11.3 Å². The van der Waals surface area contributed by atoms with E-state index in [2.05, 4.69) is 9.97 Å². The zero-order valence-corrected chi connectivity index (χ0v) is 15.0. The average molecular weight is 351 g/mol. The Morgan fingerprint density at radius 3 is 2.65 bits per heavy atom. The number of rotatable bonds is 6. The molecule has 1 saturated carbocycles. The Labute approximate surface area is 154 Å². The highest BCUT2D eigenvalue weighted by atomic mass is 16.5. The summed E-state index contributed by atoms with van der Waals surface area (Å²) in [5.74, 6) is 0.737. The molecule has 1 aliphatic heterocycles. The van der Waals surface area contributed by atoms with E-state index in [1.165, 1.54) is 12.8 Å². The second-order valence-corrected chi connectivity index (χ2v) is 7.54. The lowest BCUT2D eigenvalue weighted by Crippen LogP contribution is -2.35. The number of carbonyl (C=O) groups is 1. The van der Waals surface area contributed by atoms with Crippen molar-refractivity contribution in [3.8, 4) is 0 Å². The maximum Gasteiger partial charge on any atom is 0.228 e. The second kappa shape index (κ2) is 7.54. The molecule has 2 aromatic heterocycles. The molecule has 5 heteroatoms. The Kier molecular flexibility index (Phi) is 4.98. The molecular formula is C21H25N3O2. The number of hydrogen-bond donors (Lipinski definition) is 0. The fraction of sp³-hybridized carbons (Fsp3) is 0.476. The Hall–Kier alpha value is -2.27. The summed E-state index contributed by atoms with van der Waals surface area (Å²) in [6, 6.07) is 11.6. The van der Waals surface area contributed by atoms with Crippen LogP contribution in [0.3, 0.4) is 0 Å². The maximum absolute atomic E-state index is 12.7. The number of fused-ring (bicyclic) bond motifs is 1. The van der Waals surface area contributed by atoms with Gasteiger partial charge in [0, 0.05) is 36.6 Å². The Bertz CT molecular complexity index is 737. The molecule has 26 heavy (non-hydrogen) atoms. The normalized spacial score (nSPS) is 24.6. The molecule has 0 unspecified atom stereocenters. The van der Waals surface area contributed by atoms with Crippen LogP contribution in [0, 0.1) is 11.3 Å². The van der Waals surface area contributed by atoms with Gasteiger partial charge in [0.2, 0.25) is 5.91 Å². The van der Waals surface area contributed by atoms with Crippen LogP contribution in [-0.4, -0.2) is 40.5 Å². The summed E-state index contributed by atoms with van der Waals surface area (Å²) in [5, 5.41) is 0. The highest BCUT2D eigenvalue weighted by Crippen LogP contribution is 2.49. The van der Waals surface area contributed by atoms with Crippen molar-refractivity contribution in [2.45, 2.75) is 32.3 Å². The van der Waals surface area contributed by atoms with Gasteiger partial charge in [0.1, 0.15) is 0 Å². The van der Waals surface area contributed by atoms with Crippen LogP contribution in [0.25, 0.3) is 0 Å². The molecule has 0 spiro atoms. The standard InChI is InChI=1S/C21H25N3O2/c25-20(12-18-7-1-3-10-22-18)24-13-17-6-5-9-21(17,15-24)16-26-14-19-8-2-4-11-23-19/h1-4,7-8,10-11,17H,5-6,9,12-16H2/t17-,21+/m1/s1. The van der Waals surface area contributed by atoms with Crippen LogP contribution < -0.4 is 0 Å². The van der Waals surface area contributed by atoms with Gasteiger partial charge < -0.3 is 9.64 Å². The summed E-state index contributed by atoms with van der Waals surface area (Å²) in [5.41, 5.74) is 1.92. The first-order valence-electron chi connectivity index (χ1n) is 9.40. The van der Waals surface area contributed by atoms with E-state index in [1.807, 2.05) is 41.3 Å². The molecule has 2 aromatic rings. The molecule has 0 N–H and O–H groups in total. The average Bonchev–Trinajstić information content (AvgIpc) is 3.21. The van der Waals surface area contributed by atoms with Gasteiger partial charge in [0.15, 0.2) is 0 Å². The molecule has 4 rings (SSSR count). The van der Waals surface area contributed by atoms with Crippen LogP contribution in [0.15, 0.2) is 48.8 Å². The van der Waals surface area contributed by atoms with Crippen LogP contribution >= 0.6 is 0 Å². The van der Waals surface area contributed by atoms with Gasteiger partial charge in [-0.2, -0.15) is 0 Å². The van der Waals surface area contributed by atoms with Crippen molar-refractivity contribution in [3.63, 3.8) is 0 Å². The third kappa shape index (κ3) is 3.63. The lowest BCUT2D eigenvalue weighted by molar-refractivity contribution is -0.130. The number of carbonyl (C=O) groups excluding carboxylic acids is 1. The van der Waals surface area contributed by atoms with Gasteiger partial charge in [0.05, 0.1) is 25.3 Å². The van der Waals surface area contributed by atoms with Gasteiger partial charge in [-0.1, -0.05) is 18.6 Å². The fourth-order valence-electron chi connectivity index (χ4n) is 4.45. The van der Waals surface area contributed by atoms with Crippen molar-refractivity contribution in [1.82, 2.24) is 14.9 Å². The summed E-state index contributed by atoms with van der Waals surface area (Å²) in [6.45, 7) is 2.92. The van der Waals surface area contributed by atoms with Gasteiger partial charge in [-0.25, -0.2) is 0 Å². The first-order chi connectivity index (χ1) is 12.8. The summed E-state index contributed by atoms with van der Waals surface area (Å²) in [6.07, 6.45) is 7.50. The van der Waals surface area contributed by atoms with Crippen LogP contribution in [-0.2, 0) is 22.6 Å². The predicted octanol–water partition coefficient (Wildman–Crippen LogP) is 2.86. The molecule has 1 aliphatic carbocycles. The summed E-state index contributed by atoms with van der Waals surface area (Å²) < 4.78 is 6.04. The quantitative estimate of drug-likeness (QED) is 0.803. The number of ether oxygens (including phenoxy) is 1.